The van der Waals surface area contributed by atoms with Gasteiger partial charge in [-0.2, -0.15) is 0 Å². The van der Waals surface area contributed by atoms with Gasteiger partial charge in [0.1, 0.15) is 6.10 Å². The maximum absolute atomic E-state index is 14.0. The molecule has 2 atom stereocenters. The molecule has 0 radical (unpaired) electrons. The first-order valence-electron chi connectivity index (χ1n) is 13.8. The molecule has 1 heterocycles. The van der Waals surface area contributed by atoms with E-state index in [9.17, 15) is 14.7 Å². The number of carbonyl (C=O) groups is 2. The minimum Gasteiger partial charge on any atom is -0.460 e. The maximum atomic E-state index is 14.0. The molecular formula is C33H34N2O4S. The molecule has 1 fully saturated rings. The predicted octanol–water partition coefficient (Wildman–Crippen LogP) is 6.71. The average Bonchev–Trinajstić information content (AvgIpc) is 3.51. The molecule has 0 amide bonds. The Hall–Kier alpha value is -3.68. The quantitative estimate of drug-likeness (QED) is 0.133. The zero-order chi connectivity index (χ0) is 28.0. The Morgan fingerprint density at radius 2 is 1.62 bits per heavy atom. The largest absolute Gasteiger partial charge is 0.460 e. The number of Topliss-reactive ketones (excluding diaryl/α,β-unsaturated/α-hetero) is 1. The summed E-state index contributed by atoms with van der Waals surface area (Å²) in [4.78, 5) is 33.4. The number of hydrogen-bond donors (Lipinski definition) is 1. The number of aromatic nitrogens is 2. The van der Waals surface area contributed by atoms with Crippen molar-refractivity contribution < 1.29 is 19.4 Å². The van der Waals surface area contributed by atoms with Crippen LogP contribution in [0.25, 0.3) is 5.69 Å². The van der Waals surface area contributed by atoms with Gasteiger partial charge in [0.25, 0.3) is 0 Å². The topological polar surface area (TPSA) is 81.4 Å². The van der Waals surface area contributed by atoms with E-state index in [0.29, 0.717) is 11.1 Å². The molecule has 1 aromatic heterocycles. The van der Waals surface area contributed by atoms with E-state index in [1.54, 1.807) is 53.0 Å². The molecule has 3 aromatic carbocycles. The van der Waals surface area contributed by atoms with Crippen molar-refractivity contribution in [1.29, 1.82) is 0 Å². The van der Waals surface area contributed by atoms with E-state index in [-0.39, 0.29) is 24.1 Å². The van der Waals surface area contributed by atoms with Crippen molar-refractivity contribution in [1.82, 2.24) is 9.55 Å². The number of ketones is 1. The molecule has 6 nitrogen and oxygen atoms in total. The Labute approximate surface area is 239 Å². The number of nitrogens with zero attached hydrogens (tertiary/aromatic N) is 2. The fraction of sp³-hybridized carbons (Fsp3) is 0.303. The number of para-hydroxylation sites is 1. The van der Waals surface area contributed by atoms with E-state index in [1.807, 2.05) is 66.9 Å². The van der Waals surface area contributed by atoms with Crippen molar-refractivity contribution in [3.05, 3.63) is 114 Å². The second kappa shape index (κ2) is 12.7. The van der Waals surface area contributed by atoms with Crippen LogP contribution in [0.5, 0.6) is 0 Å². The summed E-state index contributed by atoms with van der Waals surface area (Å²) in [6, 6.07) is 26.0. The van der Waals surface area contributed by atoms with Crippen LogP contribution in [0.1, 0.15) is 66.2 Å². The second-order valence-corrected chi connectivity index (χ2v) is 11.1. The molecule has 1 aliphatic rings. The number of benzene rings is 3. The zero-order valence-corrected chi connectivity index (χ0v) is 23.4. The van der Waals surface area contributed by atoms with Gasteiger partial charge in [-0.25, -0.2) is 9.78 Å². The van der Waals surface area contributed by atoms with Crippen LogP contribution in [0, 0.1) is 0 Å². The van der Waals surface area contributed by atoms with E-state index in [1.165, 1.54) is 0 Å². The third-order valence-electron chi connectivity index (χ3n) is 7.69. The van der Waals surface area contributed by atoms with Crippen LogP contribution in [-0.2, 0) is 15.1 Å². The number of aliphatic hydroxyl groups is 1. The lowest BCUT2D eigenvalue weighted by Gasteiger charge is -2.36. The lowest BCUT2D eigenvalue weighted by atomic mass is 9.74. The van der Waals surface area contributed by atoms with Crippen molar-refractivity contribution in [2.24, 2.45) is 0 Å². The van der Waals surface area contributed by atoms with Crippen LogP contribution >= 0.6 is 11.8 Å². The second-order valence-electron chi connectivity index (χ2n) is 10.2. The van der Waals surface area contributed by atoms with Gasteiger partial charge in [-0.3, -0.25) is 9.36 Å². The fourth-order valence-electron chi connectivity index (χ4n) is 5.50. The van der Waals surface area contributed by atoms with Crippen LogP contribution in [0.15, 0.2) is 102 Å². The number of imidazole rings is 1. The molecule has 4 aromatic rings. The Kier molecular flexibility index (Phi) is 8.82. The fourth-order valence-corrected chi connectivity index (χ4v) is 5.91. The molecule has 0 saturated heterocycles. The number of rotatable bonds is 10. The summed E-state index contributed by atoms with van der Waals surface area (Å²) in [5, 5.41) is 12.5. The number of hydrogen-bond acceptors (Lipinski definition) is 6. The molecule has 206 valence electrons. The molecule has 0 bridgehead atoms. The van der Waals surface area contributed by atoms with Crippen molar-refractivity contribution in [3.8, 4) is 5.69 Å². The maximum Gasteiger partial charge on any atom is 0.343 e. The van der Waals surface area contributed by atoms with E-state index in [2.05, 4.69) is 4.98 Å². The molecular weight excluding hydrogens is 520 g/mol. The first-order valence-corrected chi connectivity index (χ1v) is 15.0. The first-order chi connectivity index (χ1) is 19.5. The molecule has 1 saturated carbocycles. The van der Waals surface area contributed by atoms with Crippen LogP contribution < -0.4 is 0 Å². The smallest absolute Gasteiger partial charge is 0.343 e. The summed E-state index contributed by atoms with van der Waals surface area (Å²) in [6.45, 7) is 0. The molecule has 0 aliphatic heterocycles. The minimum atomic E-state index is -2.08. The highest BCUT2D eigenvalue weighted by Crippen LogP contribution is 2.42. The summed E-state index contributed by atoms with van der Waals surface area (Å²) in [6.07, 6.45) is 9.56. The van der Waals surface area contributed by atoms with Crippen molar-refractivity contribution in [2.45, 2.75) is 61.0 Å². The monoisotopic (exact) mass is 554 g/mol. The van der Waals surface area contributed by atoms with Crippen LogP contribution in [-0.4, -0.2) is 38.8 Å². The van der Waals surface area contributed by atoms with Gasteiger partial charge in [0.05, 0.1) is 0 Å². The van der Waals surface area contributed by atoms with Gasteiger partial charge >= 0.3 is 5.97 Å². The molecule has 5 rings (SSSR count). The molecule has 7 heteroatoms. The number of esters is 1. The predicted molar refractivity (Wildman–Crippen MR) is 157 cm³/mol. The molecule has 1 aliphatic carbocycles. The molecule has 0 unspecified atom stereocenters. The van der Waals surface area contributed by atoms with Crippen LogP contribution in [0.3, 0.4) is 0 Å². The minimum absolute atomic E-state index is 0.145. The standard InChI is InChI=1S/C33H34N2O4S/c1-40-28-19-17-24(18-20-28)29(23-30(36)31-34-21-22-35(31)26-13-7-3-8-14-26)33(38,25-11-5-2-6-12-25)32(37)39-27-15-9-4-10-16-27/h2-3,5-8,11-14,17-22,27,29,38H,4,9-10,15-16,23H2,1H3/t29-,33-/m0/s1. The highest BCUT2D eigenvalue weighted by Gasteiger charge is 2.49. The zero-order valence-electron chi connectivity index (χ0n) is 22.6. The van der Waals surface area contributed by atoms with E-state index >= 15 is 0 Å². The van der Waals surface area contributed by atoms with Gasteiger partial charge in [-0.15, -0.1) is 11.8 Å². The summed E-state index contributed by atoms with van der Waals surface area (Å²) in [7, 11) is 0. The SMILES string of the molecule is CSc1ccc([C@H](CC(=O)c2nccn2-c2ccccc2)[C@](O)(C(=O)OC2CCCCC2)c2ccccc2)cc1. The highest BCUT2D eigenvalue weighted by molar-refractivity contribution is 7.98. The summed E-state index contributed by atoms with van der Waals surface area (Å²) in [5.41, 5.74) is -0.205. The Morgan fingerprint density at radius 3 is 2.27 bits per heavy atom. The van der Waals surface area contributed by atoms with Crippen molar-refractivity contribution in [2.75, 3.05) is 6.26 Å². The van der Waals surface area contributed by atoms with Gasteiger partial charge < -0.3 is 9.84 Å². The third-order valence-corrected chi connectivity index (χ3v) is 8.43. The van der Waals surface area contributed by atoms with Gasteiger partial charge in [-0.05, 0) is 67.3 Å². The lowest BCUT2D eigenvalue weighted by Crippen LogP contribution is -2.45. The molecule has 0 spiro atoms. The van der Waals surface area contributed by atoms with Gasteiger partial charge in [0.15, 0.2) is 17.2 Å². The first kappa shape index (κ1) is 27.9. The van der Waals surface area contributed by atoms with Gasteiger partial charge in [0, 0.05) is 35.3 Å². The van der Waals surface area contributed by atoms with Crippen LogP contribution in [0.2, 0.25) is 0 Å². The van der Waals surface area contributed by atoms with Gasteiger partial charge in [0.2, 0.25) is 0 Å². The van der Waals surface area contributed by atoms with E-state index in [4.69, 9.17) is 4.74 Å². The number of carbonyl (C=O) groups excluding carboxylic acids is 2. The van der Waals surface area contributed by atoms with Crippen molar-refractivity contribution in [3.63, 3.8) is 0 Å². The normalized spacial score (nSPS) is 16.1. The van der Waals surface area contributed by atoms with Gasteiger partial charge in [-0.1, -0.05) is 67.1 Å². The lowest BCUT2D eigenvalue weighted by molar-refractivity contribution is -0.177. The summed E-state index contributed by atoms with van der Waals surface area (Å²) < 4.78 is 7.73. The summed E-state index contributed by atoms with van der Waals surface area (Å²) in [5.74, 6) is -1.67. The Balaban J connectivity index is 1.57. The Morgan fingerprint density at radius 1 is 0.975 bits per heavy atom. The van der Waals surface area contributed by atoms with Crippen molar-refractivity contribution >= 4 is 23.5 Å². The summed E-state index contributed by atoms with van der Waals surface area (Å²) >= 11 is 1.60. The third kappa shape index (κ3) is 5.91. The molecule has 1 N–H and O–H groups in total. The highest BCUT2D eigenvalue weighted by atomic mass is 32.2. The Bertz CT molecular complexity index is 1420. The molecule has 40 heavy (non-hydrogen) atoms. The van der Waals surface area contributed by atoms with Crippen LogP contribution in [0.4, 0.5) is 0 Å². The number of thioether (sulfide) groups is 1. The van der Waals surface area contributed by atoms with E-state index in [0.717, 1.165) is 42.7 Å². The average molecular weight is 555 g/mol. The van der Waals surface area contributed by atoms with E-state index < -0.39 is 17.5 Å². The number of ether oxygens (including phenoxy) is 1.